The molecule has 3 heterocycles. The maximum atomic E-state index is 12.5. The summed E-state index contributed by atoms with van der Waals surface area (Å²) in [6.07, 6.45) is 1.66. The van der Waals surface area contributed by atoms with Crippen molar-refractivity contribution in [2.45, 2.75) is 13.5 Å². The van der Waals surface area contributed by atoms with Crippen molar-refractivity contribution in [1.29, 1.82) is 5.26 Å². The van der Waals surface area contributed by atoms with E-state index in [1.54, 1.807) is 12.3 Å². The lowest BCUT2D eigenvalue weighted by Crippen LogP contribution is -2.20. The molecule has 7 nitrogen and oxygen atoms in total. The number of aryl methyl sites for hydroxylation is 1. The number of nitrogens with zero attached hydrogens (tertiary/aromatic N) is 4. The summed E-state index contributed by atoms with van der Waals surface area (Å²) in [4.78, 5) is 16.7. The van der Waals surface area contributed by atoms with Crippen LogP contribution in [0.25, 0.3) is 10.9 Å². The average Bonchev–Trinajstić information content (AvgIpc) is 2.94. The van der Waals surface area contributed by atoms with Crippen molar-refractivity contribution < 1.29 is 4.74 Å². The number of aromatic amines is 1. The SMILES string of the molecule is COc1nc2ccn(Cc3cc(C)[nH]n3)c(=O)c2cc1C#N. The van der Waals surface area contributed by atoms with Gasteiger partial charge >= 0.3 is 0 Å². The Labute approximate surface area is 125 Å². The molecular formula is C15H13N5O2. The van der Waals surface area contributed by atoms with Crippen LogP contribution in [0, 0.1) is 18.3 Å². The number of nitrogens with one attached hydrogen (secondary N) is 1. The van der Waals surface area contributed by atoms with Gasteiger partial charge in [-0.1, -0.05) is 0 Å². The van der Waals surface area contributed by atoms with E-state index in [9.17, 15) is 4.79 Å². The maximum absolute atomic E-state index is 12.5. The fourth-order valence-electron chi connectivity index (χ4n) is 2.28. The molecule has 22 heavy (non-hydrogen) atoms. The number of hydrogen-bond acceptors (Lipinski definition) is 5. The molecule has 0 aliphatic carbocycles. The zero-order chi connectivity index (χ0) is 15.7. The fraction of sp³-hybridized carbons (Fsp3) is 0.200. The van der Waals surface area contributed by atoms with Crippen molar-refractivity contribution >= 4 is 10.9 Å². The zero-order valence-electron chi connectivity index (χ0n) is 12.1. The van der Waals surface area contributed by atoms with Crippen LogP contribution in [-0.2, 0) is 6.54 Å². The Morgan fingerprint density at radius 3 is 2.91 bits per heavy atom. The molecule has 0 unspecified atom stereocenters. The van der Waals surface area contributed by atoms with E-state index in [2.05, 4.69) is 15.2 Å². The Morgan fingerprint density at radius 1 is 1.45 bits per heavy atom. The molecule has 0 atom stereocenters. The van der Waals surface area contributed by atoms with Gasteiger partial charge in [-0.25, -0.2) is 4.98 Å². The third-order valence-electron chi connectivity index (χ3n) is 3.33. The number of ether oxygens (including phenoxy) is 1. The Hall–Kier alpha value is -3.14. The van der Waals surface area contributed by atoms with Crippen LogP contribution in [-0.4, -0.2) is 26.9 Å². The normalized spacial score (nSPS) is 10.6. The minimum Gasteiger partial charge on any atom is -0.480 e. The third-order valence-corrected chi connectivity index (χ3v) is 3.33. The summed E-state index contributed by atoms with van der Waals surface area (Å²) in [5, 5.41) is 16.5. The summed E-state index contributed by atoms with van der Waals surface area (Å²) < 4.78 is 6.59. The van der Waals surface area contributed by atoms with Gasteiger partial charge in [0.25, 0.3) is 5.56 Å². The van der Waals surface area contributed by atoms with Gasteiger partial charge in [0.1, 0.15) is 11.6 Å². The van der Waals surface area contributed by atoms with E-state index in [1.165, 1.54) is 17.7 Å². The molecule has 3 rings (SSSR count). The van der Waals surface area contributed by atoms with Gasteiger partial charge in [-0.05, 0) is 25.1 Å². The lowest BCUT2D eigenvalue weighted by atomic mass is 10.2. The summed E-state index contributed by atoms with van der Waals surface area (Å²) in [6.45, 7) is 2.25. The molecule has 0 fully saturated rings. The van der Waals surface area contributed by atoms with Crippen LogP contribution in [0.2, 0.25) is 0 Å². The molecule has 0 aromatic carbocycles. The van der Waals surface area contributed by atoms with Crippen LogP contribution in [0.4, 0.5) is 0 Å². The van der Waals surface area contributed by atoms with Crippen molar-refractivity contribution in [3.05, 3.63) is 51.7 Å². The lowest BCUT2D eigenvalue weighted by Gasteiger charge is -2.07. The molecule has 0 aliphatic rings. The number of rotatable bonds is 3. The standard InChI is InChI=1S/C15H13N5O2/c1-9-5-11(19-18-9)8-20-4-3-13-12(15(20)21)6-10(7-16)14(17-13)22-2/h3-6H,8H2,1-2H3,(H,18,19). The van der Waals surface area contributed by atoms with Gasteiger partial charge in [0.15, 0.2) is 0 Å². The number of nitriles is 1. The smallest absolute Gasteiger partial charge is 0.260 e. The molecule has 0 amide bonds. The average molecular weight is 295 g/mol. The molecule has 1 N–H and O–H groups in total. The van der Waals surface area contributed by atoms with E-state index in [0.717, 1.165) is 11.4 Å². The van der Waals surface area contributed by atoms with Gasteiger partial charge in [0, 0.05) is 11.9 Å². The highest BCUT2D eigenvalue weighted by atomic mass is 16.5. The molecule has 110 valence electrons. The number of pyridine rings is 2. The van der Waals surface area contributed by atoms with Gasteiger partial charge < -0.3 is 9.30 Å². The Kier molecular flexibility index (Phi) is 3.35. The van der Waals surface area contributed by atoms with E-state index < -0.39 is 0 Å². The van der Waals surface area contributed by atoms with Crippen molar-refractivity contribution in [1.82, 2.24) is 19.7 Å². The van der Waals surface area contributed by atoms with E-state index >= 15 is 0 Å². The van der Waals surface area contributed by atoms with Crippen molar-refractivity contribution in [3.63, 3.8) is 0 Å². The highest BCUT2D eigenvalue weighted by molar-refractivity contribution is 5.79. The molecule has 0 spiro atoms. The molecule has 0 saturated heterocycles. The molecule has 7 heteroatoms. The first-order chi connectivity index (χ1) is 10.6. The first kappa shape index (κ1) is 13.8. The Bertz CT molecular complexity index is 949. The highest BCUT2D eigenvalue weighted by Gasteiger charge is 2.11. The van der Waals surface area contributed by atoms with Crippen LogP contribution in [0.5, 0.6) is 5.88 Å². The minimum absolute atomic E-state index is 0.218. The second kappa shape index (κ2) is 5.33. The van der Waals surface area contributed by atoms with Gasteiger partial charge in [0.05, 0.1) is 30.3 Å². The van der Waals surface area contributed by atoms with Gasteiger partial charge in [-0.2, -0.15) is 10.4 Å². The highest BCUT2D eigenvalue weighted by Crippen LogP contribution is 2.19. The van der Waals surface area contributed by atoms with Crippen LogP contribution >= 0.6 is 0 Å². The molecule has 3 aromatic rings. The van der Waals surface area contributed by atoms with E-state index in [4.69, 9.17) is 10.00 Å². The number of methoxy groups -OCH3 is 1. The molecular weight excluding hydrogens is 282 g/mol. The van der Waals surface area contributed by atoms with E-state index in [1.807, 2.05) is 19.1 Å². The molecule has 0 aliphatic heterocycles. The summed E-state index contributed by atoms with van der Waals surface area (Å²) in [6, 6.07) is 7.10. The summed E-state index contributed by atoms with van der Waals surface area (Å²) >= 11 is 0. The number of H-pyrrole nitrogens is 1. The molecule has 3 aromatic heterocycles. The second-order valence-electron chi connectivity index (χ2n) is 4.88. The maximum Gasteiger partial charge on any atom is 0.260 e. The molecule has 0 saturated carbocycles. The summed E-state index contributed by atoms with van der Waals surface area (Å²) in [5.74, 6) is 0.218. The van der Waals surface area contributed by atoms with Crippen molar-refractivity contribution in [2.24, 2.45) is 0 Å². The minimum atomic E-state index is -0.218. The Morgan fingerprint density at radius 2 is 2.27 bits per heavy atom. The quantitative estimate of drug-likeness (QED) is 0.787. The van der Waals surface area contributed by atoms with Crippen molar-refractivity contribution in [2.75, 3.05) is 7.11 Å². The van der Waals surface area contributed by atoms with Crippen LogP contribution in [0.15, 0.2) is 29.2 Å². The first-order valence-electron chi connectivity index (χ1n) is 6.61. The first-order valence-corrected chi connectivity index (χ1v) is 6.61. The number of hydrogen-bond donors (Lipinski definition) is 1. The second-order valence-corrected chi connectivity index (χ2v) is 4.88. The topological polar surface area (TPSA) is 96.6 Å². The lowest BCUT2D eigenvalue weighted by molar-refractivity contribution is 0.398. The van der Waals surface area contributed by atoms with E-state index in [-0.39, 0.29) is 17.0 Å². The number of fused-ring (bicyclic) bond motifs is 1. The summed E-state index contributed by atoms with van der Waals surface area (Å²) in [5.41, 5.74) is 2.21. The predicted octanol–water partition coefficient (Wildman–Crippen LogP) is 1.36. The molecule has 0 radical (unpaired) electrons. The van der Waals surface area contributed by atoms with Crippen molar-refractivity contribution in [3.8, 4) is 11.9 Å². The van der Waals surface area contributed by atoms with Gasteiger partial charge in [-0.3, -0.25) is 9.89 Å². The number of aromatic nitrogens is 4. The largest absolute Gasteiger partial charge is 0.480 e. The third kappa shape index (κ3) is 2.31. The Balaban J connectivity index is 2.13. The van der Waals surface area contributed by atoms with Gasteiger partial charge in [0.2, 0.25) is 5.88 Å². The van der Waals surface area contributed by atoms with Gasteiger partial charge in [-0.15, -0.1) is 0 Å². The van der Waals surface area contributed by atoms with Crippen LogP contribution in [0.1, 0.15) is 17.0 Å². The van der Waals surface area contributed by atoms with Crippen LogP contribution in [0.3, 0.4) is 0 Å². The van der Waals surface area contributed by atoms with Crippen LogP contribution < -0.4 is 10.3 Å². The fourth-order valence-corrected chi connectivity index (χ4v) is 2.28. The monoisotopic (exact) mass is 295 g/mol. The molecule has 0 bridgehead atoms. The summed E-state index contributed by atoms with van der Waals surface area (Å²) in [7, 11) is 1.44. The zero-order valence-corrected chi connectivity index (χ0v) is 12.1. The van der Waals surface area contributed by atoms with E-state index in [0.29, 0.717) is 17.4 Å². The predicted molar refractivity (Wildman–Crippen MR) is 79.7 cm³/mol.